The zero-order valence-corrected chi connectivity index (χ0v) is 12.0. The largest absolute Gasteiger partial charge is 0.318 e. The molecule has 0 atom stereocenters. The van der Waals surface area contributed by atoms with Gasteiger partial charge in [-0.05, 0) is 18.6 Å². The normalized spacial score (nSPS) is 13.9. The highest BCUT2D eigenvalue weighted by Crippen LogP contribution is 2.20. The number of carbonyl (C=O) groups is 1. The summed E-state index contributed by atoms with van der Waals surface area (Å²) in [5, 5.41) is -0.162. The summed E-state index contributed by atoms with van der Waals surface area (Å²) < 4.78 is 54.3. The molecule has 9 heteroatoms. The third-order valence-electron chi connectivity index (χ3n) is 3.38. The molecular weight excluding hydrogens is 316 g/mol. The molecule has 0 saturated heterocycles. The van der Waals surface area contributed by atoms with Gasteiger partial charge in [-0.2, -0.15) is 8.42 Å². The molecule has 1 aliphatic rings. The van der Waals surface area contributed by atoms with Crippen molar-refractivity contribution in [3.05, 3.63) is 47.4 Å². The van der Waals surface area contributed by atoms with Gasteiger partial charge in [-0.15, -0.1) is 0 Å². The van der Waals surface area contributed by atoms with Gasteiger partial charge >= 0.3 is 0 Å². The molecule has 0 saturated carbocycles. The quantitative estimate of drug-likeness (QED) is 0.919. The zero-order valence-electron chi connectivity index (χ0n) is 11.2. The predicted molar refractivity (Wildman–Crippen MR) is 71.6 cm³/mol. The molecule has 116 valence electrons. The highest BCUT2D eigenvalue weighted by atomic mass is 32.2. The fraction of sp³-hybridized carbons (Fsp3) is 0.231. The van der Waals surface area contributed by atoms with Crippen LogP contribution in [0.25, 0.3) is 0 Å². The average Bonchev–Trinajstić information content (AvgIpc) is 3.03. The average molecular weight is 327 g/mol. The van der Waals surface area contributed by atoms with E-state index in [4.69, 9.17) is 0 Å². The smallest absolute Gasteiger partial charge is 0.281 e. The molecular formula is C13H11F2N3O3S. The summed E-state index contributed by atoms with van der Waals surface area (Å²) >= 11 is 0. The minimum absolute atomic E-state index is 0.162. The lowest BCUT2D eigenvalue weighted by molar-refractivity contribution is 0.0976. The molecule has 0 radical (unpaired) electrons. The second-order valence-electron chi connectivity index (χ2n) is 4.80. The molecule has 2 heterocycles. The Morgan fingerprint density at radius 2 is 2.09 bits per heavy atom. The third-order valence-corrected chi connectivity index (χ3v) is 4.71. The van der Waals surface area contributed by atoms with Crippen molar-refractivity contribution in [1.82, 2.24) is 14.3 Å². The van der Waals surface area contributed by atoms with Crippen molar-refractivity contribution in [3.63, 3.8) is 0 Å². The van der Waals surface area contributed by atoms with Crippen LogP contribution in [0.15, 0.2) is 29.4 Å². The fourth-order valence-corrected chi connectivity index (χ4v) is 3.49. The number of aromatic nitrogens is 2. The van der Waals surface area contributed by atoms with Gasteiger partial charge in [-0.1, -0.05) is 6.07 Å². The number of halogens is 2. The van der Waals surface area contributed by atoms with Crippen LogP contribution >= 0.6 is 0 Å². The van der Waals surface area contributed by atoms with Crippen molar-refractivity contribution in [2.24, 2.45) is 0 Å². The van der Waals surface area contributed by atoms with E-state index in [9.17, 15) is 22.0 Å². The Morgan fingerprint density at radius 1 is 1.32 bits per heavy atom. The minimum Gasteiger partial charge on any atom is -0.318 e. The molecule has 0 fully saturated rings. The number of rotatable bonds is 3. The number of carbonyl (C=O) groups excluding carboxylic acids is 1. The lowest BCUT2D eigenvalue weighted by Crippen LogP contribution is -2.32. The van der Waals surface area contributed by atoms with E-state index >= 15 is 0 Å². The number of hydrogen-bond donors (Lipinski definition) is 1. The van der Waals surface area contributed by atoms with Gasteiger partial charge in [0.25, 0.3) is 15.9 Å². The van der Waals surface area contributed by atoms with Crippen LogP contribution in [-0.4, -0.2) is 23.9 Å². The maximum absolute atomic E-state index is 13.5. The molecule has 3 rings (SSSR count). The molecule has 6 nitrogen and oxygen atoms in total. The van der Waals surface area contributed by atoms with E-state index in [0.717, 1.165) is 30.8 Å². The van der Waals surface area contributed by atoms with E-state index < -0.39 is 33.1 Å². The van der Waals surface area contributed by atoms with Crippen LogP contribution in [-0.2, 0) is 23.0 Å². The number of benzene rings is 1. The number of fused-ring (bicyclic) bond motifs is 1. The lowest BCUT2D eigenvalue weighted by Gasteiger charge is -2.09. The van der Waals surface area contributed by atoms with Gasteiger partial charge in [-0.3, -0.25) is 4.79 Å². The Morgan fingerprint density at radius 3 is 2.86 bits per heavy atom. The predicted octanol–water partition coefficient (Wildman–Crippen LogP) is 1.23. The van der Waals surface area contributed by atoms with Gasteiger partial charge in [0, 0.05) is 13.0 Å². The molecule has 2 aromatic rings. The monoisotopic (exact) mass is 327 g/mol. The lowest BCUT2D eigenvalue weighted by atomic mass is 10.2. The molecule has 22 heavy (non-hydrogen) atoms. The van der Waals surface area contributed by atoms with E-state index in [-0.39, 0.29) is 5.03 Å². The molecule has 0 unspecified atom stereocenters. The molecule has 1 N–H and O–H groups in total. The first-order valence-corrected chi connectivity index (χ1v) is 7.94. The van der Waals surface area contributed by atoms with Gasteiger partial charge in [0.15, 0.2) is 16.7 Å². The number of hydrogen-bond acceptors (Lipinski definition) is 4. The Hall–Kier alpha value is -2.29. The van der Waals surface area contributed by atoms with E-state index in [1.165, 1.54) is 4.57 Å². The van der Waals surface area contributed by atoms with Gasteiger partial charge in [0.05, 0.1) is 11.8 Å². The maximum Gasteiger partial charge on any atom is 0.281 e. The second kappa shape index (κ2) is 5.16. The van der Waals surface area contributed by atoms with Crippen molar-refractivity contribution in [1.29, 1.82) is 0 Å². The number of imidazole rings is 1. The SMILES string of the molecule is O=C(NS(=O)(=O)c1cnc2n1CCC2)c1cccc(F)c1F. The number of sulfonamides is 1. The van der Waals surface area contributed by atoms with Gasteiger partial charge in [-0.25, -0.2) is 18.5 Å². The minimum atomic E-state index is -4.21. The van der Waals surface area contributed by atoms with Crippen LogP contribution in [0.2, 0.25) is 0 Å². The van der Waals surface area contributed by atoms with Crippen molar-refractivity contribution >= 4 is 15.9 Å². The third kappa shape index (κ3) is 2.37. The number of nitrogens with one attached hydrogen (secondary N) is 1. The molecule has 0 bridgehead atoms. The Bertz CT molecular complexity index is 861. The first kappa shape index (κ1) is 14.6. The van der Waals surface area contributed by atoms with Crippen LogP contribution in [0.1, 0.15) is 22.6 Å². The van der Waals surface area contributed by atoms with Gasteiger partial charge in [0.1, 0.15) is 5.82 Å². The van der Waals surface area contributed by atoms with E-state index in [1.807, 2.05) is 0 Å². The van der Waals surface area contributed by atoms with Crippen LogP contribution in [0.3, 0.4) is 0 Å². The Labute approximate surface area is 124 Å². The summed E-state index contributed by atoms with van der Waals surface area (Å²) in [5.41, 5.74) is -0.676. The topological polar surface area (TPSA) is 81.1 Å². The maximum atomic E-state index is 13.5. The van der Waals surface area contributed by atoms with Crippen LogP contribution < -0.4 is 4.72 Å². The highest BCUT2D eigenvalue weighted by Gasteiger charge is 2.28. The fourth-order valence-electron chi connectivity index (χ4n) is 2.35. The van der Waals surface area contributed by atoms with Gasteiger partial charge < -0.3 is 4.57 Å². The zero-order chi connectivity index (χ0) is 15.9. The first-order chi connectivity index (χ1) is 10.4. The first-order valence-electron chi connectivity index (χ1n) is 6.46. The summed E-state index contributed by atoms with van der Waals surface area (Å²) in [7, 11) is -4.21. The molecule has 0 spiro atoms. The Kier molecular flexibility index (Phi) is 3.44. The van der Waals surface area contributed by atoms with Crippen LogP contribution in [0.4, 0.5) is 8.78 Å². The molecule has 1 amide bonds. The molecule has 0 aliphatic carbocycles. The summed E-state index contributed by atoms with van der Waals surface area (Å²) in [6.07, 6.45) is 2.56. The summed E-state index contributed by atoms with van der Waals surface area (Å²) in [6.45, 7) is 0.480. The number of aryl methyl sites for hydroxylation is 1. The van der Waals surface area contributed by atoms with Gasteiger partial charge in [0.2, 0.25) is 0 Å². The summed E-state index contributed by atoms with van der Waals surface area (Å²) in [6, 6.07) is 2.96. The van der Waals surface area contributed by atoms with Crippen LogP contribution in [0.5, 0.6) is 0 Å². The second-order valence-corrected chi connectivity index (χ2v) is 6.43. The molecule has 1 aliphatic heterocycles. The standard InChI is InChI=1S/C13H11F2N3O3S/c14-9-4-1-3-8(12(9)15)13(19)17-22(20,21)11-7-16-10-5-2-6-18(10)11/h1,3-4,7H,2,5-6H2,(H,17,19). The summed E-state index contributed by atoms with van der Waals surface area (Å²) in [5.74, 6) is -3.24. The molecule has 1 aromatic heterocycles. The van der Waals surface area contributed by atoms with Crippen molar-refractivity contribution in [3.8, 4) is 0 Å². The number of amides is 1. The highest BCUT2D eigenvalue weighted by molar-refractivity contribution is 7.90. The van der Waals surface area contributed by atoms with E-state index in [1.54, 1.807) is 4.72 Å². The Balaban J connectivity index is 1.91. The van der Waals surface area contributed by atoms with Crippen molar-refractivity contribution < 1.29 is 22.0 Å². The number of nitrogens with zero attached hydrogens (tertiary/aromatic N) is 2. The summed E-state index contributed by atoms with van der Waals surface area (Å²) in [4.78, 5) is 15.9. The van der Waals surface area contributed by atoms with Crippen LogP contribution in [0, 0.1) is 11.6 Å². The van der Waals surface area contributed by atoms with E-state index in [0.29, 0.717) is 18.8 Å². The molecule has 1 aromatic carbocycles. The van der Waals surface area contributed by atoms with Crippen molar-refractivity contribution in [2.45, 2.75) is 24.4 Å². The van der Waals surface area contributed by atoms with E-state index in [2.05, 4.69) is 4.98 Å². The van der Waals surface area contributed by atoms with Crippen molar-refractivity contribution in [2.75, 3.05) is 0 Å².